The second-order valence-corrected chi connectivity index (χ2v) is 7.55. The van der Waals surface area contributed by atoms with E-state index in [1.54, 1.807) is 29.0 Å². The Hall–Kier alpha value is -2.71. The Morgan fingerprint density at radius 2 is 2.21 bits per heavy atom. The van der Waals surface area contributed by atoms with Gasteiger partial charge in [0.1, 0.15) is 12.7 Å². The molecular weight excluding hydrogens is 374 g/mol. The second-order valence-electron chi connectivity index (χ2n) is 6.49. The van der Waals surface area contributed by atoms with Crippen molar-refractivity contribution in [3.05, 3.63) is 66.4 Å². The summed E-state index contributed by atoms with van der Waals surface area (Å²) >= 11 is 1.68. The zero-order valence-corrected chi connectivity index (χ0v) is 16.1. The number of ether oxygens (including phenoxy) is 1. The van der Waals surface area contributed by atoms with Crippen LogP contribution in [0.2, 0.25) is 0 Å². The summed E-state index contributed by atoms with van der Waals surface area (Å²) in [4.78, 5) is 21.9. The molecule has 1 aromatic carbocycles. The Kier molecular flexibility index (Phi) is 5.98. The summed E-state index contributed by atoms with van der Waals surface area (Å²) in [6.07, 6.45) is 7.29. The molecule has 3 aromatic rings. The van der Waals surface area contributed by atoms with Crippen molar-refractivity contribution in [1.82, 2.24) is 25.1 Å². The molecule has 7 nitrogen and oxygen atoms in total. The number of benzene rings is 1. The number of nitrogens with zero attached hydrogens (tertiary/aromatic N) is 4. The molecule has 144 valence electrons. The van der Waals surface area contributed by atoms with Gasteiger partial charge in [0.05, 0.1) is 11.7 Å². The predicted molar refractivity (Wildman–Crippen MR) is 106 cm³/mol. The van der Waals surface area contributed by atoms with E-state index in [-0.39, 0.29) is 12.0 Å². The standard InChI is InChI=1S/C20H21N5O2S/c26-20(17-5-1-2-6-18(17)28-12-16-4-3-9-27-16)23-11-15-7-8-19(22-10-15)25-14-21-13-24-25/h1-2,5-8,10,13-14,16H,3-4,9,11-12H2,(H,23,26). The van der Waals surface area contributed by atoms with E-state index in [2.05, 4.69) is 20.4 Å². The van der Waals surface area contributed by atoms with E-state index < -0.39 is 0 Å². The molecule has 28 heavy (non-hydrogen) atoms. The van der Waals surface area contributed by atoms with Gasteiger partial charge in [-0.15, -0.1) is 11.8 Å². The molecule has 1 amide bonds. The number of aromatic nitrogens is 4. The lowest BCUT2D eigenvalue weighted by Crippen LogP contribution is -2.23. The zero-order valence-electron chi connectivity index (χ0n) is 15.3. The average molecular weight is 395 g/mol. The van der Waals surface area contributed by atoms with Crippen molar-refractivity contribution in [1.29, 1.82) is 0 Å². The van der Waals surface area contributed by atoms with E-state index in [1.807, 2.05) is 36.4 Å². The topological polar surface area (TPSA) is 81.9 Å². The van der Waals surface area contributed by atoms with Gasteiger partial charge >= 0.3 is 0 Å². The quantitative estimate of drug-likeness (QED) is 0.620. The second kappa shape index (κ2) is 8.99. The number of hydrogen-bond donors (Lipinski definition) is 1. The monoisotopic (exact) mass is 395 g/mol. The van der Waals surface area contributed by atoms with Crippen molar-refractivity contribution in [2.45, 2.75) is 30.4 Å². The summed E-state index contributed by atoms with van der Waals surface area (Å²) in [5.74, 6) is 1.47. The Bertz CT molecular complexity index is 909. The van der Waals surface area contributed by atoms with Crippen LogP contribution in [-0.4, -0.2) is 44.1 Å². The molecule has 1 unspecified atom stereocenters. The Balaban J connectivity index is 1.35. The smallest absolute Gasteiger partial charge is 0.252 e. The van der Waals surface area contributed by atoms with Crippen molar-refractivity contribution < 1.29 is 9.53 Å². The van der Waals surface area contributed by atoms with Crippen LogP contribution in [0.15, 0.2) is 60.1 Å². The van der Waals surface area contributed by atoms with Gasteiger partial charge in [0.25, 0.3) is 5.91 Å². The fourth-order valence-corrected chi connectivity index (χ4v) is 4.12. The number of carbonyl (C=O) groups excluding carboxylic acids is 1. The first kappa shape index (κ1) is 18.6. The largest absolute Gasteiger partial charge is 0.377 e. The lowest BCUT2D eigenvalue weighted by molar-refractivity contribution is 0.0947. The summed E-state index contributed by atoms with van der Waals surface area (Å²) in [7, 11) is 0. The lowest BCUT2D eigenvalue weighted by Gasteiger charge is -2.12. The molecule has 1 saturated heterocycles. The first-order valence-corrected chi connectivity index (χ1v) is 10.2. The first-order chi connectivity index (χ1) is 13.8. The van der Waals surface area contributed by atoms with Crippen LogP contribution < -0.4 is 5.32 Å². The van der Waals surface area contributed by atoms with Crippen LogP contribution in [0.3, 0.4) is 0 Å². The van der Waals surface area contributed by atoms with Gasteiger partial charge in [-0.3, -0.25) is 4.79 Å². The third kappa shape index (κ3) is 4.58. The number of hydrogen-bond acceptors (Lipinski definition) is 6. The molecule has 8 heteroatoms. The number of pyridine rings is 1. The summed E-state index contributed by atoms with van der Waals surface area (Å²) < 4.78 is 7.27. The SMILES string of the molecule is O=C(NCc1ccc(-n2cncn2)nc1)c1ccccc1SCC1CCCO1. The number of amides is 1. The number of rotatable bonds is 7. The summed E-state index contributed by atoms with van der Waals surface area (Å²) in [5, 5.41) is 7.03. The molecule has 1 N–H and O–H groups in total. The average Bonchev–Trinajstić information content (AvgIpc) is 3.45. The minimum absolute atomic E-state index is 0.0872. The van der Waals surface area contributed by atoms with Gasteiger partial charge in [0, 0.05) is 30.0 Å². The van der Waals surface area contributed by atoms with Crippen molar-refractivity contribution >= 4 is 17.7 Å². The van der Waals surface area contributed by atoms with Crippen LogP contribution in [0, 0.1) is 0 Å². The van der Waals surface area contributed by atoms with Gasteiger partial charge in [0.2, 0.25) is 0 Å². The molecule has 4 rings (SSSR count). The first-order valence-electron chi connectivity index (χ1n) is 9.21. The van der Waals surface area contributed by atoms with Crippen LogP contribution in [0.5, 0.6) is 0 Å². The number of nitrogens with one attached hydrogen (secondary N) is 1. The highest BCUT2D eigenvalue weighted by Gasteiger charge is 2.17. The van der Waals surface area contributed by atoms with Gasteiger partial charge < -0.3 is 10.1 Å². The maximum Gasteiger partial charge on any atom is 0.252 e. The van der Waals surface area contributed by atoms with E-state index in [9.17, 15) is 4.79 Å². The molecule has 0 saturated carbocycles. The van der Waals surface area contributed by atoms with Crippen LogP contribution in [0.4, 0.5) is 0 Å². The molecule has 1 fully saturated rings. The molecule has 0 bridgehead atoms. The van der Waals surface area contributed by atoms with Gasteiger partial charge in [-0.1, -0.05) is 18.2 Å². The predicted octanol–water partition coefficient (Wildman–Crippen LogP) is 2.86. The molecule has 3 heterocycles. The Labute approximate surface area is 167 Å². The third-order valence-electron chi connectivity index (χ3n) is 4.50. The highest BCUT2D eigenvalue weighted by Crippen LogP contribution is 2.26. The summed E-state index contributed by atoms with van der Waals surface area (Å²) in [5.41, 5.74) is 1.61. The van der Waals surface area contributed by atoms with E-state index in [0.29, 0.717) is 17.9 Å². The maximum absolute atomic E-state index is 12.7. The van der Waals surface area contributed by atoms with Crippen LogP contribution in [-0.2, 0) is 11.3 Å². The summed E-state index contributed by atoms with van der Waals surface area (Å²) in [6, 6.07) is 11.5. The molecule has 0 spiro atoms. The Morgan fingerprint density at radius 3 is 2.96 bits per heavy atom. The summed E-state index contributed by atoms with van der Waals surface area (Å²) in [6.45, 7) is 1.26. The van der Waals surface area contributed by atoms with Crippen molar-refractivity contribution in [2.75, 3.05) is 12.4 Å². The third-order valence-corrected chi connectivity index (χ3v) is 5.70. The van der Waals surface area contributed by atoms with Crippen LogP contribution in [0.1, 0.15) is 28.8 Å². The molecule has 1 aliphatic rings. The number of thioether (sulfide) groups is 1. The van der Waals surface area contributed by atoms with Crippen LogP contribution in [0.25, 0.3) is 5.82 Å². The molecule has 1 atom stereocenters. The Morgan fingerprint density at radius 1 is 1.29 bits per heavy atom. The van der Waals surface area contributed by atoms with Gasteiger partial charge in [-0.05, 0) is 36.6 Å². The van der Waals surface area contributed by atoms with E-state index >= 15 is 0 Å². The van der Waals surface area contributed by atoms with E-state index in [0.717, 1.165) is 35.7 Å². The molecule has 0 radical (unpaired) electrons. The molecule has 2 aromatic heterocycles. The minimum atomic E-state index is -0.0872. The van der Waals surface area contributed by atoms with Crippen molar-refractivity contribution in [3.63, 3.8) is 0 Å². The van der Waals surface area contributed by atoms with Crippen molar-refractivity contribution in [3.8, 4) is 5.82 Å². The molecule has 0 aliphatic carbocycles. The molecular formula is C20H21N5O2S. The zero-order chi connectivity index (χ0) is 19.2. The van der Waals surface area contributed by atoms with Gasteiger partial charge in [-0.25, -0.2) is 14.6 Å². The van der Waals surface area contributed by atoms with E-state index in [1.165, 1.54) is 6.33 Å². The highest BCUT2D eigenvalue weighted by atomic mass is 32.2. The van der Waals surface area contributed by atoms with Crippen LogP contribution >= 0.6 is 11.8 Å². The highest BCUT2D eigenvalue weighted by molar-refractivity contribution is 7.99. The lowest BCUT2D eigenvalue weighted by atomic mass is 10.2. The number of carbonyl (C=O) groups is 1. The van der Waals surface area contributed by atoms with Gasteiger partial charge in [-0.2, -0.15) is 5.10 Å². The fraction of sp³-hybridized carbons (Fsp3) is 0.300. The maximum atomic E-state index is 12.7. The minimum Gasteiger partial charge on any atom is -0.377 e. The van der Waals surface area contributed by atoms with Gasteiger partial charge in [0.15, 0.2) is 5.82 Å². The van der Waals surface area contributed by atoms with E-state index in [4.69, 9.17) is 4.74 Å². The normalized spacial score (nSPS) is 16.2. The van der Waals surface area contributed by atoms with Crippen molar-refractivity contribution in [2.24, 2.45) is 0 Å². The fourth-order valence-electron chi connectivity index (χ4n) is 3.00. The molecule has 1 aliphatic heterocycles.